The van der Waals surface area contributed by atoms with Gasteiger partial charge in [0.05, 0.1) is 4.43 Å². The van der Waals surface area contributed by atoms with E-state index in [-0.39, 0.29) is 11.8 Å². The summed E-state index contributed by atoms with van der Waals surface area (Å²) in [7, 11) is 0. The van der Waals surface area contributed by atoms with Crippen molar-refractivity contribution < 1.29 is 19.5 Å². The van der Waals surface area contributed by atoms with E-state index >= 15 is 0 Å². The van der Waals surface area contributed by atoms with Crippen LogP contribution in [0.1, 0.15) is 51.9 Å². The summed E-state index contributed by atoms with van der Waals surface area (Å²) in [6.07, 6.45) is 4.86. The Morgan fingerprint density at radius 2 is 1.81 bits per heavy atom. The van der Waals surface area contributed by atoms with Crippen LogP contribution in [0.15, 0.2) is 0 Å². The number of hydrogen-bond acceptors (Lipinski definition) is 3. The van der Waals surface area contributed by atoms with Gasteiger partial charge in [-0.2, -0.15) is 0 Å². The predicted molar refractivity (Wildman–Crippen MR) is 89.5 cm³/mol. The summed E-state index contributed by atoms with van der Waals surface area (Å²) in [6.45, 7) is 2.61. The maximum atomic E-state index is 11.7. The summed E-state index contributed by atoms with van der Waals surface area (Å²) < 4.78 is 0.453. The molecule has 7 heteroatoms. The van der Waals surface area contributed by atoms with Gasteiger partial charge in [0.15, 0.2) is 0 Å². The second-order valence-electron chi connectivity index (χ2n) is 4.89. The summed E-state index contributed by atoms with van der Waals surface area (Å²) in [5, 5.41) is 14.3. The van der Waals surface area contributed by atoms with Crippen LogP contribution >= 0.6 is 22.6 Å². The normalized spacial score (nSPS) is 11.7. The first-order valence-electron chi connectivity index (χ1n) is 7.36. The maximum Gasteiger partial charge on any atom is 0.326 e. The number of carbonyl (C=O) groups excluding carboxylic acids is 2. The van der Waals surface area contributed by atoms with E-state index in [1.54, 1.807) is 0 Å². The molecule has 3 N–H and O–H groups in total. The van der Waals surface area contributed by atoms with E-state index in [9.17, 15) is 14.4 Å². The highest BCUT2D eigenvalue weighted by Crippen LogP contribution is 2.03. The molecule has 0 aromatic heterocycles. The molecule has 0 aromatic rings. The molecule has 122 valence electrons. The van der Waals surface area contributed by atoms with E-state index < -0.39 is 12.0 Å². The molecule has 0 spiro atoms. The number of amides is 2. The summed E-state index contributed by atoms with van der Waals surface area (Å²) in [5.74, 6) is -1.17. The minimum absolute atomic E-state index is 0.0218. The van der Waals surface area contributed by atoms with Crippen LogP contribution in [0.4, 0.5) is 0 Å². The van der Waals surface area contributed by atoms with Crippen LogP contribution in [0.3, 0.4) is 0 Å². The van der Waals surface area contributed by atoms with E-state index in [1.165, 1.54) is 0 Å². The Hall–Kier alpha value is -0.860. The van der Waals surface area contributed by atoms with Gasteiger partial charge in [0.1, 0.15) is 6.04 Å². The molecule has 0 bridgehead atoms. The van der Waals surface area contributed by atoms with Gasteiger partial charge in [0.25, 0.3) is 0 Å². The molecule has 0 saturated heterocycles. The van der Waals surface area contributed by atoms with Gasteiger partial charge < -0.3 is 15.7 Å². The van der Waals surface area contributed by atoms with Gasteiger partial charge in [-0.25, -0.2) is 4.79 Å². The van der Waals surface area contributed by atoms with Gasteiger partial charge in [0, 0.05) is 13.0 Å². The summed E-state index contributed by atoms with van der Waals surface area (Å²) in [4.78, 5) is 33.6. The van der Waals surface area contributed by atoms with Crippen molar-refractivity contribution in [1.29, 1.82) is 0 Å². The molecule has 0 aliphatic heterocycles. The fraction of sp³-hybridized carbons (Fsp3) is 0.786. The van der Waals surface area contributed by atoms with Crippen molar-refractivity contribution in [2.45, 2.75) is 57.9 Å². The number of carbonyl (C=O) groups is 3. The first kappa shape index (κ1) is 20.1. The molecule has 21 heavy (non-hydrogen) atoms. The molecule has 1 atom stereocenters. The Morgan fingerprint density at radius 3 is 2.38 bits per heavy atom. The molecule has 6 nitrogen and oxygen atoms in total. The number of aliphatic carboxylic acids is 1. The zero-order valence-corrected chi connectivity index (χ0v) is 14.6. The number of carboxylic acid groups (broad SMARTS) is 1. The van der Waals surface area contributed by atoms with Crippen molar-refractivity contribution in [2.75, 3.05) is 11.0 Å². The second kappa shape index (κ2) is 12.8. The highest BCUT2D eigenvalue weighted by molar-refractivity contribution is 14.1. The number of halogens is 1. The van der Waals surface area contributed by atoms with Crippen LogP contribution in [0.2, 0.25) is 0 Å². The number of hydrogen-bond donors (Lipinski definition) is 3. The SMILES string of the molecule is CCCCC(NC(=O)CCCCCNC(=O)CI)C(=O)O. The quantitative estimate of drug-likeness (QED) is 0.259. The number of carboxylic acids is 1. The molecule has 0 rings (SSSR count). The zero-order chi connectivity index (χ0) is 16.1. The van der Waals surface area contributed by atoms with Gasteiger partial charge in [-0.3, -0.25) is 9.59 Å². The average Bonchev–Trinajstić information content (AvgIpc) is 2.46. The topological polar surface area (TPSA) is 95.5 Å². The molecule has 0 aliphatic carbocycles. The molecule has 0 radical (unpaired) electrons. The van der Waals surface area contributed by atoms with Gasteiger partial charge >= 0.3 is 5.97 Å². The van der Waals surface area contributed by atoms with Crippen molar-refractivity contribution in [1.82, 2.24) is 10.6 Å². The van der Waals surface area contributed by atoms with E-state index in [4.69, 9.17) is 5.11 Å². The third kappa shape index (κ3) is 11.5. The van der Waals surface area contributed by atoms with Crippen molar-refractivity contribution >= 4 is 40.4 Å². The zero-order valence-electron chi connectivity index (χ0n) is 12.5. The van der Waals surface area contributed by atoms with Crippen molar-refractivity contribution in [3.63, 3.8) is 0 Å². The largest absolute Gasteiger partial charge is 0.480 e. The standard InChI is InChI=1S/C14H25IN2O4/c1-2-3-7-11(14(20)21)17-12(18)8-5-4-6-9-16-13(19)10-15/h11H,2-10H2,1H3,(H,16,19)(H,17,18)(H,20,21). The number of nitrogens with one attached hydrogen (secondary N) is 2. The third-order valence-corrected chi connectivity index (χ3v) is 3.70. The summed E-state index contributed by atoms with van der Waals surface area (Å²) >= 11 is 2.00. The maximum absolute atomic E-state index is 11.7. The van der Waals surface area contributed by atoms with Crippen LogP contribution in [-0.4, -0.2) is 39.9 Å². The number of unbranched alkanes of at least 4 members (excludes halogenated alkanes) is 3. The molecular formula is C14H25IN2O4. The lowest BCUT2D eigenvalue weighted by Gasteiger charge is -2.14. The fourth-order valence-corrected chi connectivity index (χ4v) is 2.06. The number of alkyl halides is 1. The van der Waals surface area contributed by atoms with Crippen molar-refractivity contribution in [2.24, 2.45) is 0 Å². The lowest BCUT2D eigenvalue weighted by molar-refractivity contribution is -0.142. The van der Waals surface area contributed by atoms with Crippen LogP contribution in [-0.2, 0) is 14.4 Å². The molecule has 0 saturated carbocycles. The second-order valence-corrected chi connectivity index (χ2v) is 5.66. The highest BCUT2D eigenvalue weighted by atomic mass is 127. The summed E-state index contributed by atoms with van der Waals surface area (Å²) in [6, 6.07) is -0.777. The molecule has 0 fully saturated rings. The van der Waals surface area contributed by atoms with Crippen molar-refractivity contribution in [3.05, 3.63) is 0 Å². The first-order chi connectivity index (χ1) is 10.0. The molecule has 0 aromatic carbocycles. The smallest absolute Gasteiger partial charge is 0.326 e. The molecule has 0 aliphatic rings. The van der Waals surface area contributed by atoms with Crippen LogP contribution < -0.4 is 10.6 Å². The molecular weight excluding hydrogens is 387 g/mol. The van der Waals surface area contributed by atoms with Gasteiger partial charge in [-0.15, -0.1) is 0 Å². The third-order valence-electron chi connectivity index (χ3n) is 3.00. The molecule has 0 heterocycles. The van der Waals surface area contributed by atoms with Gasteiger partial charge in [-0.1, -0.05) is 48.8 Å². The van der Waals surface area contributed by atoms with Crippen LogP contribution in [0, 0.1) is 0 Å². The van der Waals surface area contributed by atoms with E-state index in [1.807, 2.05) is 29.5 Å². The van der Waals surface area contributed by atoms with Gasteiger partial charge in [-0.05, 0) is 19.3 Å². The van der Waals surface area contributed by atoms with E-state index in [0.717, 1.165) is 25.7 Å². The highest BCUT2D eigenvalue weighted by Gasteiger charge is 2.18. The van der Waals surface area contributed by atoms with Crippen molar-refractivity contribution in [3.8, 4) is 0 Å². The molecule has 2 amide bonds. The average molecular weight is 412 g/mol. The van der Waals surface area contributed by atoms with Gasteiger partial charge in [0.2, 0.25) is 11.8 Å². The Bertz CT molecular complexity index is 337. The fourth-order valence-electron chi connectivity index (χ4n) is 1.79. The first-order valence-corrected chi connectivity index (χ1v) is 8.88. The van der Waals surface area contributed by atoms with E-state index in [0.29, 0.717) is 30.2 Å². The Balaban J connectivity index is 3.73. The minimum Gasteiger partial charge on any atom is -0.480 e. The Morgan fingerprint density at radius 1 is 1.10 bits per heavy atom. The van der Waals surface area contributed by atoms with E-state index in [2.05, 4.69) is 10.6 Å². The predicted octanol–water partition coefficient (Wildman–Crippen LogP) is 1.86. The Kier molecular flexibility index (Phi) is 12.3. The van der Waals surface area contributed by atoms with Crippen LogP contribution in [0.5, 0.6) is 0 Å². The Labute approximate surface area is 139 Å². The number of rotatable bonds is 12. The monoisotopic (exact) mass is 412 g/mol. The van der Waals surface area contributed by atoms with Crippen LogP contribution in [0.25, 0.3) is 0 Å². The lowest BCUT2D eigenvalue weighted by Crippen LogP contribution is -2.40. The minimum atomic E-state index is -0.974. The lowest BCUT2D eigenvalue weighted by atomic mass is 10.1. The summed E-state index contributed by atoms with van der Waals surface area (Å²) in [5.41, 5.74) is 0. The molecule has 1 unspecified atom stereocenters.